The van der Waals surface area contributed by atoms with E-state index in [9.17, 15) is 22.0 Å². The van der Waals surface area contributed by atoms with Gasteiger partial charge in [-0.15, -0.1) is 0 Å². The first kappa shape index (κ1) is 22.1. The van der Waals surface area contributed by atoms with Crippen molar-refractivity contribution in [2.45, 2.75) is 32.2 Å². The quantitative estimate of drug-likeness (QED) is 0.855. The molecule has 1 saturated heterocycles. The molecule has 1 heterocycles. The van der Waals surface area contributed by atoms with Gasteiger partial charge in [0.05, 0.1) is 0 Å². The van der Waals surface area contributed by atoms with Crippen molar-refractivity contribution in [2.24, 2.45) is 5.92 Å². The van der Waals surface area contributed by atoms with Gasteiger partial charge < -0.3 is 10.2 Å². The monoisotopic (exact) mass is 390 g/mol. The molecule has 0 aromatic heterocycles. The van der Waals surface area contributed by atoms with Crippen molar-refractivity contribution in [1.82, 2.24) is 10.2 Å². The third-order valence-corrected chi connectivity index (χ3v) is 4.47. The van der Waals surface area contributed by atoms with Crippen LogP contribution >= 0.6 is 0 Å². The van der Waals surface area contributed by atoms with Crippen LogP contribution in [0.2, 0.25) is 0 Å². The topological polar surface area (TPSA) is 66.5 Å². The van der Waals surface area contributed by atoms with Gasteiger partial charge in [0.25, 0.3) is 0 Å². The summed E-state index contributed by atoms with van der Waals surface area (Å²) >= 11 is 0. The lowest BCUT2D eigenvalue weighted by Gasteiger charge is -2.32. The molecule has 0 saturated carbocycles. The summed E-state index contributed by atoms with van der Waals surface area (Å²) in [6.45, 7) is 2.23. The zero-order valence-electron chi connectivity index (χ0n) is 15.0. The molecule has 1 aromatic rings. The number of urea groups is 1. The van der Waals surface area contributed by atoms with Crippen molar-refractivity contribution in [1.29, 1.82) is 0 Å². The summed E-state index contributed by atoms with van der Waals surface area (Å²) in [5, 5.41) is 3.64. The van der Waals surface area contributed by atoms with Crippen LogP contribution in [0.3, 0.4) is 0 Å². The van der Waals surface area contributed by atoms with Gasteiger partial charge in [-0.2, -0.15) is 0 Å². The van der Waals surface area contributed by atoms with Gasteiger partial charge in [0, 0.05) is 38.1 Å². The second kappa shape index (κ2) is 10.9. The molecular weight excluding hydrogens is 362 g/mol. The van der Waals surface area contributed by atoms with E-state index in [1.807, 2.05) is 36.4 Å². The van der Waals surface area contributed by atoms with Gasteiger partial charge in [-0.05, 0) is 19.8 Å². The Labute approximate surface area is 155 Å². The fourth-order valence-electron chi connectivity index (χ4n) is 2.33. The van der Waals surface area contributed by atoms with Crippen LogP contribution in [-0.4, -0.2) is 51.2 Å². The van der Waals surface area contributed by atoms with E-state index < -0.39 is 28.2 Å². The van der Waals surface area contributed by atoms with E-state index in [4.69, 9.17) is 0 Å². The fourth-order valence-corrected chi connectivity index (χ4v) is 2.86. The Balaban J connectivity index is 0.000000817. The Morgan fingerprint density at radius 2 is 1.62 bits per heavy atom. The number of hydrogen-bond donors (Lipinski definition) is 1. The highest BCUT2D eigenvalue weighted by atomic mass is 32.2. The number of amides is 2. The maximum Gasteiger partial charge on any atom is 0.317 e. The minimum atomic E-state index is -3.23. The van der Waals surface area contributed by atoms with Crippen LogP contribution in [0, 0.1) is 5.92 Å². The van der Waals surface area contributed by atoms with E-state index in [-0.39, 0.29) is 7.46 Å². The van der Waals surface area contributed by atoms with Crippen LogP contribution < -0.4 is 5.32 Å². The SMILES string of the molecule is C[C@@H](/C=C/S(C)(=O)=O)NC(=O)N1CCC(C(F)F)CC1.[HH].c1ccccc1. The Hall–Kier alpha value is -1.96. The first-order valence-corrected chi connectivity index (χ1v) is 10.4. The third-order valence-electron chi connectivity index (χ3n) is 3.82. The molecule has 0 unspecified atom stereocenters. The molecule has 1 aliphatic heterocycles. The van der Waals surface area contributed by atoms with Crippen molar-refractivity contribution >= 4 is 15.9 Å². The molecule has 0 radical (unpaired) electrons. The van der Waals surface area contributed by atoms with E-state index in [1.54, 1.807) is 6.92 Å². The molecular formula is C18H28F2N2O3S. The summed E-state index contributed by atoms with van der Waals surface area (Å²) in [5.41, 5.74) is 0. The van der Waals surface area contributed by atoms with Crippen molar-refractivity contribution in [3.63, 3.8) is 0 Å². The molecule has 5 nitrogen and oxygen atoms in total. The maximum absolute atomic E-state index is 12.5. The van der Waals surface area contributed by atoms with Crippen LogP contribution in [0.15, 0.2) is 47.9 Å². The summed E-state index contributed by atoms with van der Waals surface area (Å²) in [4.78, 5) is 13.3. The van der Waals surface area contributed by atoms with Crippen LogP contribution in [-0.2, 0) is 9.84 Å². The number of likely N-dealkylation sites (tertiary alicyclic amines) is 1. The highest BCUT2D eigenvalue weighted by Crippen LogP contribution is 2.23. The molecule has 0 aliphatic carbocycles. The van der Waals surface area contributed by atoms with Crippen LogP contribution in [0.4, 0.5) is 13.6 Å². The molecule has 1 aliphatic rings. The van der Waals surface area contributed by atoms with Gasteiger partial charge in [-0.1, -0.05) is 42.5 Å². The van der Waals surface area contributed by atoms with Gasteiger partial charge in [0.2, 0.25) is 6.43 Å². The molecule has 148 valence electrons. The molecule has 2 amide bonds. The average Bonchev–Trinajstić information content (AvgIpc) is 2.61. The minimum absolute atomic E-state index is 0. The lowest BCUT2D eigenvalue weighted by atomic mass is 9.98. The normalized spacial score (nSPS) is 16.9. The summed E-state index contributed by atoms with van der Waals surface area (Å²) in [6, 6.07) is 11.2. The van der Waals surface area contributed by atoms with Crippen LogP contribution in [0.5, 0.6) is 0 Å². The number of piperidine rings is 1. The molecule has 8 heteroatoms. The van der Waals surface area contributed by atoms with Crippen molar-refractivity contribution < 1.29 is 23.4 Å². The van der Waals surface area contributed by atoms with E-state index in [1.165, 1.54) is 11.0 Å². The predicted octanol–water partition coefficient (Wildman–Crippen LogP) is 3.55. The third kappa shape index (κ3) is 9.50. The Bertz CT molecular complexity index is 638. The van der Waals surface area contributed by atoms with Gasteiger partial charge >= 0.3 is 6.03 Å². The number of alkyl halides is 2. The van der Waals surface area contributed by atoms with Crippen molar-refractivity contribution in [2.75, 3.05) is 19.3 Å². The smallest absolute Gasteiger partial charge is 0.317 e. The highest BCUT2D eigenvalue weighted by molar-refractivity contribution is 7.93. The summed E-state index contributed by atoms with van der Waals surface area (Å²) < 4.78 is 46.9. The molecule has 1 atom stereocenters. The lowest BCUT2D eigenvalue weighted by molar-refractivity contribution is 0.0419. The number of nitrogens with one attached hydrogen (secondary N) is 1. The van der Waals surface area contributed by atoms with E-state index in [0.717, 1.165) is 11.7 Å². The Morgan fingerprint density at radius 3 is 2.00 bits per heavy atom. The fraction of sp³-hybridized carbons (Fsp3) is 0.500. The minimum Gasteiger partial charge on any atom is -0.332 e. The lowest BCUT2D eigenvalue weighted by Crippen LogP contribution is -2.47. The molecule has 0 bridgehead atoms. The molecule has 0 spiro atoms. The molecule has 1 aromatic carbocycles. The van der Waals surface area contributed by atoms with Gasteiger partial charge in [-0.25, -0.2) is 22.0 Å². The van der Waals surface area contributed by atoms with Gasteiger partial charge in [0.1, 0.15) is 0 Å². The Morgan fingerprint density at radius 1 is 1.15 bits per heavy atom. The standard InChI is InChI=1S/C12H20F2N2O3S.C6H6.H2/c1-9(5-8-20(2,18)19)15-12(17)16-6-3-10(4-7-16)11(13)14;1-2-4-6-5-3-1;/h5,8-11H,3-4,6-7H2,1-2H3,(H,15,17);1-6H;1H/b8-5+;;/t9-;;/m0../s1. The number of rotatable bonds is 4. The van der Waals surface area contributed by atoms with E-state index >= 15 is 0 Å². The first-order valence-electron chi connectivity index (χ1n) is 8.41. The maximum atomic E-state index is 12.5. The highest BCUT2D eigenvalue weighted by Gasteiger charge is 2.28. The molecule has 26 heavy (non-hydrogen) atoms. The van der Waals surface area contributed by atoms with Crippen LogP contribution in [0.25, 0.3) is 0 Å². The molecule has 1 N–H and O–H groups in total. The molecule has 2 rings (SSSR count). The molecule has 1 fully saturated rings. The van der Waals surface area contributed by atoms with Gasteiger partial charge in [0.15, 0.2) is 9.84 Å². The number of halogens is 2. The number of sulfone groups is 1. The second-order valence-electron chi connectivity index (χ2n) is 6.21. The second-order valence-corrected chi connectivity index (χ2v) is 8.14. The largest absolute Gasteiger partial charge is 0.332 e. The number of carbonyl (C=O) groups is 1. The summed E-state index contributed by atoms with van der Waals surface area (Å²) in [7, 11) is -3.23. The summed E-state index contributed by atoms with van der Waals surface area (Å²) in [5.74, 6) is -0.637. The van der Waals surface area contributed by atoms with Gasteiger partial charge in [-0.3, -0.25) is 0 Å². The van der Waals surface area contributed by atoms with E-state index in [0.29, 0.717) is 25.9 Å². The predicted molar refractivity (Wildman–Crippen MR) is 101 cm³/mol. The number of nitrogens with zero attached hydrogens (tertiary/aromatic N) is 1. The van der Waals surface area contributed by atoms with Crippen molar-refractivity contribution in [3.8, 4) is 0 Å². The number of carbonyl (C=O) groups excluding carboxylic acids is 1. The zero-order chi connectivity index (χ0) is 19.6. The van der Waals surface area contributed by atoms with E-state index in [2.05, 4.69) is 5.32 Å². The summed E-state index contributed by atoms with van der Waals surface area (Å²) in [6.07, 6.45) is 0.681. The number of hydrogen-bond acceptors (Lipinski definition) is 3. The Kier molecular flexibility index (Phi) is 9.26. The van der Waals surface area contributed by atoms with Crippen molar-refractivity contribution in [3.05, 3.63) is 47.9 Å². The average molecular weight is 390 g/mol. The van der Waals surface area contributed by atoms with Crippen LogP contribution in [0.1, 0.15) is 21.2 Å². The number of benzene rings is 1. The first-order chi connectivity index (χ1) is 12.2. The zero-order valence-corrected chi connectivity index (χ0v) is 15.8.